The monoisotopic (exact) mass is 322 g/mol. The zero-order valence-corrected chi connectivity index (χ0v) is 11.9. The minimum atomic E-state index is -0.386. The molecule has 0 spiro atoms. The molecule has 0 aliphatic carbocycles. The minimum absolute atomic E-state index is 0.149. The van der Waals surface area contributed by atoms with Crippen LogP contribution in [0.4, 0.5) is 4.39 Å². The first-order chi connectivity index (χ1) is 9.11. The van der Waals surface area contributed by atoms with Crippen molar-refractivity contribution in [3.8, 4) is 5.75 Å². The standard InChI is InChI=1S/C15H12BrFO2/c1-2-19-12-6-3-10(4-7-12)15(18)11-5-8-14(17)13(16)9-11/h3-9H,2H2,1H3. The van der Waals surface area contributed by atoms with Crippen LogP contribution < -0.4 is 4.74 Å². The first kappa shape index (κ1) is 13.7. The van der Waals surface area contributed by atoms with E-state index in [-0.39, 0.29) is 16.1 Å². The summed E-state index contributed by atoms with van der Waals surface area (Å²) >= 11 is 3.07. The molecule has 0 aliphatic rings. The topological polar surface area (TPSA) is 26.3 Å². The fourth-order valence-electron chi connectivity index (χ4n) is 1.67. The Morgan fingerprint density at radius 1 is 1.16 bits per heavy atom. The van der Waals surface area contributed by atoms with Crippen molar-refractivity contribution in [2.24, 2.45) is 0 Å². The van der Waals surface area contributed by atoms with Crippen LogP contribution in [0.25, 0.3) is 0 Å². The van der Waals surface area contributed by atoms with Crippen molar-refractivity contribution in [3.05, 3.63) is 63.9 Å². The van der Waals surface area contributed by atoms with Crippen molar-refractivity contribution in [3.63, 3.8) is 0 Å². The first-order valence-corrected chi connectivity index (χ1v) is 6.63. The molecule has 0 bridgehead atoms. The second kappa shape index (κ2) is 5.97. The molecular weight excluding hydrogens is 311 g/mol. The predicted molar refractivity (Wildman–Crippen MR) is 75.1 cm³/mol. The molecule has 2 aromatic carbocycles. The van der Waals surface area contributed by atoms with E-state index in [1.807, 2.05) is 6.92 Å². The van der Waals surface area contributed by atoms with Gasteiger partial charge in [0.2, 0.25) is 0 Å². The summed E-state index contributed by atoms with van der Waals surface area (Å²) in [7, 11) is 0. The molecule has 0 aromatic heterocycles. The Bertz CT molecular complexity index is 594. The van der Waals surface area contributed by atoms with Crippen LogP contribution in [0.5, 0.6) is 5.75 Å². The van der Waals surface area contributed by atoms with Gasteiger partial charge in [-0.25, -0.2) is 4.39 Å². The van der Waals surface area contributed by atoms with Crippen molar-refractivity contribution in [2.45, 2.75) is 6.92 Å². The van der Waals surface area contributed by atoms with Gasteiger partial charge in [-0.2, -0.15) is 0 Å². The third kappa shape index (κ3) is 3.20. The Labute approximate surface area is 119 Å². The smallest absolute Gasteiger partial charge is 0.193 e. The van der Waals surface area contributed by atoms with Gasteiger partial charge in [0, 0.05) is 11.1 Å². The summed E-state index contributed by atoms with van der Waals surface area (Å²) in [6.07, 6.45) is 0. The molecule has 2 nitrogen and oxygen atoms in total. The molecular formula is C15H12BrFO2. The molecule has 0 fully saturated rings. The van der Waals surface area contributed by atoms with Crippen LogP contribution in [0, 0.1) is 5.82 Å². The molecule has 0 aliphatic heterocycles. The Kier molecular flexibility index (Phi) is 4.32. The number of hydrogen-bond donors (Lipinski definition) is 0. The van der Waals surface area contributed by atoms with E-state index in [1.165, 1.54) is 18.2 Å². The van der Waals surface area contributed by atoms with Crippen molar-refractivity contribution in [2.75, 3.05) is 6.61 Å². The van der Waals surface area contributed by atoms with E-state index in [0.29, 0.717) is 17.7 Å². The third-order valence-corrected chi connectivity index (χ3v) is 3.22. The van der Waals surface area contributed by atoms with Crippen LogP contribution in [0.2, 0.25) is 0 Å². The highest BCUT2D eigenvalue weighted by Crippen LogP contribution is 2.20. The molecule has 2 aromatic rings. The lowest BCUT2D eigenvalue weighted by Crippen LogP contribution is -2.02. The summed E-state index contributed by atoms with van der Waals surface area (Å²) in [5.74, 6) is 0.186. The number of carbonyl (C=O) groups excluding carboxylic acids is 1. The van der Waals surface area contributed by atoms with E-state index in [2.05, 4.69) is 15.9 Å². The predicted octanol–water partition coefficient (Wildman–Crippen LogP) is 4.22. The Morgan fingerprint density at radius 2 is 1.79 bits per heavy atom. The van der Waals surface area contributed by atoms with Gasteiger partial charge in [0.05, 0.1) is 11.1 Å². The van der Waals surface area contributed by atoms with Crippen LogP contribution in [-0.2, 0) is 0 Å². The molecule has 0 N–H and O–H groups in total. The van der Waals surface area contributed by atoms with Gasteiger partial charge < -0.3 is 4.74 Å². The molecule has 0 radical (unpaired) electrons. The number of carbonyl (C=O) groups is 1. The van der Waals surface area contributed by atoms with E-state index in [1.54, 1.807) is 24.3 Å². The second-order valence-corrected chi connectivity index (χ2v) is 4.77. The molecule has 0 atom stereocenters. The molecule has 19 heavy (non-hydrogen) atoms. The van der Waals surface area contributed by atoms with Crippen LogP contribution >= 0.6 is 15.9 Å². The van der Waals surface area contributed by atoms with Crippen molar-refractivity contribution in [1.29, 1.82) is 0 Å². The van der Waals surface area contributed by atoms with Crippen LogP contribution in [0.3, 0.4) is 0 Å². The fraction of sp³-hybridized carbons (Fsp3) is 0.133. The Hall–Kier alpha value is -1.68. The maximum Gasteiger partial charge on any atom is 0.193 e. The molecule has 0 unspecified atom stereocenters. The normalized spacial score (nSPS) is 10.3. The van der Waals surface area contributed by atoms with E-state index in [0.717, 1.165) is 5.75 Å². The lowest BCUT2D eigenvalue weighted by Gasteiger charge is -2.05. The number of rotatable bonds is 4. The van der Waals surface area contributed by atoms with Gasteiger partial charge in [-0.3, -0.25) is 4.79 Å². The van der Waals surface area contributed by atoms with Crippen LogP contribution in [-0.4, -0.2) is 12.4 Å². The van der Waals surface area contributed by atoms with Crippen molar-refractivity contribution in [1.82, 2.24) is 0 Å². The molecule has 4 heteroatoms. The van der Waals surface area contributed by atoms with E-state index >= 15 is 0 Å². The summed E-state index contributed by atoms with van der Waals surface area (Å²) in [5.41, 5.74) is 0.986. The number of hydrogen-bond acceptors (Lipinski definition) is 2. The van der Waals surface area contributed by atoms with Gasteiger partial charge in [-0.05, 0) is 65.3 Å². The molecule has 98 valence electrons. The highest BCUT2D eigenvalue weighted by atomic mass is 79.9. The zero-order chi connectivity index (χ0) is 13.8. The summed E-state index contributed by atoms with van der Waals surface area (Å²) < 4.78 is 18.7. The van der Waals surface area contributed by atoms with Gasteiger partial charge in [-0.15, -0.1) is 0 Å². The van der Waals surface area contributed by atoms with Gasteiger partial charge in [0.15, 0.2) is 5.78 Å². The van der Waals surface area contributed by atoms with Crippen molar-refractivity contribution < 1.29 is 13.9 Å². The Balaban J connectivity index is 2.25. The fourth-order valence-corrected chi connectivity index (χ4v) is 2.05. The number of halogens is 2. The number of ether oxygens (including phenoxy) is 1. The van der Waals surface area contributed by atoms with Crippen LogP contribution in [0.1, 0.15) is 22.8 Å². The highest BCUT2D eigenvalue weighted by Gasteiger charge is 2.11. The van der Waals surface area contributed by atoms with Gasteiger partial charge in [0.25, 0.3) is 0 Å². The third-order valence-electron chi connectivity index (χ3n) is 2.61. The maximum atomic E-state index is 13.1. The lowest BCUT2D eigenvalue weighted by atomic mass is 10.0. The van der Waals surface area contributed by atoms with Crippen LogP contribution in [0.15, 0.2) is 46.9 Å². The molecule has 0 amide bonds. The van der Waals surface area contributed by atoms with E-state index < -0.39 is 0 Å². The second-order valence-electron chi connectivity index (χ2n) is 3.92. The average molecular weight is 323 g/mol. The van der Waals surface area contributed by atoms with Crippen molar-refractivity contribution >= 4 is 21.7 Å². The SMILES string of the molecule is CCOc1ccc(C(=O)c2ccc(F)c(Br)c2)cc1. The van der Waals surface area contributed by atoms with Gasteiger partial charge in [0.1, 0.15) is 11.6 Å². The molecule has 0 saturated carbocycles. The molecule has 0 heterocycles. The molecule has 0 saturated heterocycles. The molecule has 2 rings (SSSR count). The summed E-state index contributed by atoms with van der Waals surface area (Å²) in [4.78, 5) is 12.2. The first-order valence-electron chi connectivity index (χ1n) is 5.84. The summed E-state index contributed by atoms with van der Waals surface area (Å²) in [6, 6.07) is 11.1. The summed E-state index contributed by atoms with van der Waals surface area (Å²) in [6.45, 7) is 2.48. The average Bonchev–Trinajstić information content (AvgIpc) is 2.42. The minimum Gasteiger partial charge on any atom is -0.494 e. The largest absolute Gasteiger partial charge is 0.494 e. The van der Waals surface area contributed by atoms with E-state index in [4.69, 9.17) is 4.74 Å². The quantitative estimate of drug-likeness (QED) is 0.788. The van der Waals surface area contributed by atoms with E-state index in [9.17, 15) is 9.18 Å². The lowest BCUT2D eigenvalue weighted by molar-refractivity contribution is 0.103. The highest BCUT2D eigenvalue weighted by molar-refractivity contribution is 9.10. The number of benzene rings is 2. The Morgan fingerprint density at radius 3 is 2.37 bits per heavy atom. The number of ketones is 1. The van der Waals surface area contributed by atoms with Gasteiger partial charge in [-0.1, -0.05) is 0 Å². The summed E-state index contributed by atoms with van der Waals surface area (Å²) in [5, 5.41) is 0. The van der Waals surface area contributed by atoms with Gasteiger partial charge >= 0.3 is 0 Å². The maximum absolute atomic E-state index is 13.1. The zero-order valence-electron chi connectivity index (χ0n) is 10.3.